The first-order valence-corrected chi connectivity index (χ1v) is 7.52. The van der Waals surface area contributed by atoms with Crippen molar-refractivity contribution in [1.29, 1.82) is 0 Å². The summed E-state index contributed by atoms with van der Waals surface area (Å²) >= 11 is 0. The molecule has 0 amide bonds. The maximum atomic E-state index is 15.0. The van der Waals surface area contributed by atoms with Gasteiger partial charge in [0.2, 0.25) is 0 Å². The lowest BCUT2D eigenvalue weighted by Crippen LogP contribution is -2.06. The number of hydrogen-bond donors (Lipinski definition) is 0. The van der Waals surface area contributed by atoms with Crippen LogP contribution in [0.25, 0.3) is 22.0 Å². The molecule has 1 aliphatic heterocycles. The number of ether oxygens (including phenoxy) is 1. The van der Waals surface area contributed by atoms with E-state index in [1.54, 1.807) is 19.5 Å². The molecule has 0 fully saturated rings. The van der Waals surface area contributed by atoms with Gasteiger partial charge in [-0.15, -0.1) is 0 Å². The van der Waals surface area contributed by atoms with Crippen molar-refractivity contribution in [3.63, 3.8) is 0 Å². The maximum absolute atomic E-state index is 15.0. The van der Waals surface area contributed by atoms with Crippen molar-refractivity contribution in [1.82, 2.24) is 4.98 Å². The summed E-state index contributed by atoms with van der Waals surface area (Å²) in [6.45, 7) is 0.726. The molecule has 0 aliphatic carbocycles. The van der Waals surface area contributed by atoms with Crippen molar-refractivity contribution >= 4 is 17.1 Å². The molecule has 3 nitrogen and oxygen atoms in total. The number of aliphatic imine (C=N–C) groups is 1. The van der Waals surface area contributed by atoms with Gasteiger partial charge in [0, 0.05) is 41.5 Å². The summed E-state index contributed by atoms with van der Waals surface area (Å²) in [5, 5.41) is 0.903. The van der Waals surface area contributed by atoms with Crippen LogP contribution >= 0.6 is 0 Å². The molecular weight excluding hydrogens is 291 g/mol. The number of halogens is 1. The van der Waals surface area contributed by atoms with Crippen LogP contribution in [0.3, 0.4) is 0 Å². The van der Waals surface area contributed by atoms with E-state index in [0.29, 0.717) is 11.1 Å². The van der Waals surface area contributed by atoms with Crippen LogP contribution in [0.4, 0.5) is 4.39 Å². The topological polar surface area (TPSA) is 34.5 Å². The van der Waals surface area contributed by atoms with Crippen LogP contribution in [0, 0.1) is 5.82 Å². The molecule has 0 unspecified atom stereocenters. The number of rotatable bonds is 2. The van der Waals surface area contributed by atoms with Crippen LogP contribution < -0.4 is 4.74 Å². The Bertz CT molecular complexity index is 934. The van der Waals surface area contributed by atoms with E-state index in [2.05, 4.69) is 9.98 Å². The lowest BCUT2D eigenvalue weighted by Gasteiger charge is -2.15. The number of pyridine rings is 1. The van der Waals surface area contributed by atoms with Gasteiger partial charge in [0.25, 0.3) is 0 Å². The summed E-state index contributed by atoms with van der Waals surface area (Å²) in [5.74, 6) is 0.523. The average Bonchev–Trinajstić information content (AvgIpc) is 2.61. The number of nitrogens with zero attached hydrogens (tertiary/aromatic N) is 2. The number of hydrogen-bond acceptors (Lipinski definition) is 3. The molecule has 23 heavy (non-hydrogen) atoms. The third kappa shape index (κ3) is 2.27. The number of benzene rings is 2. The zero-order valence-electron chi connectivity index (χ0n) is 12.7. The van der Waals surface area contributed by atoms with Gasteiger partial charge in [0.15, 0.2) is 0 Å². The van der Waals surface area contributed by atoms with Crippen molar-refractivity contribution in [2.24, 2.45) is 4.99 Å². The van der Waals surface area contributed by atoms with Gasteiger partial charge in [-0.05, 0) is 35.7 Å². The number of methoxy groups -OCH3 is 1. The molecular formula is C19H15FN2O. The molecule has 1 aliphatic rings. The van der Waals surface area contributed by atoms with E-state index < -0.39 is 0 Å². The van der Waals surface area contributed by atoms with E-state index >= 15 is 0 Å². The molecule has 3 aromatic rings. The van der Waals surface area contributed by atoms with Crippen molar-refractivity contribution in [2.45, 2.75) is 6.42 Å². The Morgan fingerprint density at radius 3 is 2.87 bits per heavy atom. The molecule has 1 aromatic heterocycles. The van der Waals surface area contributed by atoms with E-state index in [9.17, 15) is 4.39 Å². The summed E-state index contributed by atoms with van der Waals surface area (Å²) in [6.07, 6.45) is 4.13. The van der Waals surface area contributed by atoms with Gasteiger partial charge in [-0.2, -0.15) is 0 Å². The molecule has 2 aromatic carbocycles. The maximum Gasteiger partial charge on any atom is 0.140 e. The predicted molar refractivity (Wildman–Crippen MR) is 89.9 cm³/mol. The molecule has 0 saturated carbocycles. The minimum absolute atomic E-state index is 0.214. The molecule has 0 saturated heterocycles. The molecule has 2 heterocycles. The van der Waals surface area contributed by atoms with Gasteiger partial charge >= 0.3 is 0 Å². The Morgan fingerprint density at radius 1 is 1.09 bits per heavy atom. The molecule has 0 spiro atoms. The van der Waals surface area contributed by atoms with Crippen LogP contribution in [0.15, 0.2) is 47.6 Å². The molecule has 4 heteroatoms. The smallest absolute Gasteiger partial charge is 0.140 e. The first-order valence-electron chi connectivity index (χ1n) is 7.52. The summed E-state index contributed by atoms with van der Waals surface area (Å²) < 4.78 is 20.2. The standard InChI is InChI=1S/C19H15FN2O/c1-23-13-3-5-15-14(7-9-22-18(15)10-13)16-4-2-12-6-8-21-11-17(12)19(16)20/h2-5,7,9-11H,6,8H2,1H3. The Morgan fingerprint density at radius 2 is 2.00 bits per heavy atom. The van der Waals surface area contributed by atoms with E-state index in [-0.39, 0.29) is 5.82 Å². The van der Waals surface area contributed by atoms with E-state index in [1.807, 2.05) is 36.4 Å². The quantitative estimate of drug-likeness (QED) is 0.716. The predicted octanol–water partition coefficient (Wildman–Crippen LogP) is 4.02. The first-order chi connectivity index (χ1) is 11.3. The van der Waals surface area contributed by atoms with Crippen molar-refractivity contribution in [2.75, 3.05) is 13.7 Å². The highest BCUT2D eigenvalue weighted by molar-refractivity contribution is 5.96. The molecule has 0 bridgehead atoms. The number of fused-ring (bicyclic) bond motifs is 2. The van der Waals surface area contributed by atoms with Crippen molar-refractivity contribution < 1.29 is 9.13 Å². The third-order valence-electron chi connectivity index (χ3n) is 4.24. The fourth-order valence-corrected chi connectivity index (χ4v) is 3.03. The summed E-state index contributed by atoms with van der Waals surface area (Å²) in [7, 11) is 1.62. The summed E-state index contributed by atoms with van der Waals surface area (Å²) in [4.78, 5) is 8.57. The molecule has 114 valence electrons. The van der Waals surface area contributed by atoms with Crippen LogP contribution in [0.2, 0.25) is 0 Å². The van der Waals surface area contributed by atoms with Gasteiger partial charge < -0.3 is 4.74 Å². The third-order valence-corrected chi connectivity index (χ3v) is 4.24. The lowest BCUT2D eigenvalue weighted by molar-refractivity contribution is 0.415. The average molecular weight is 306 g/mol. The molecule has 0 N–H and O–H groups in total. The zero-order chi connectivity index (χ0) is 15.8. The Labute approximate surface area is 133 Å². The Kier molecular flexibility index (Phi) is 3.30. The fraction of sp³-hybridized carbons (Fsp3) is 0.158. The van der Waals surface area contributed by atoms with Gasteiger partial charge in [0.05, 0.1) is 12.6 Å². The van der Waals surface area contributed by atoms with Gasteiger partial charge in [-0.3, -0.25) is 9.98 Å². The largest absolute Gasteiger partial charge is 0.497 e. The highest BCUT2D eigenvalue weighted by atomic mass is 19.1. The molecule has 0 atom stereocenters. The monoisotopic (exact) mass is 306 g/mol. The van der Waals surface area contributed by atoms with Gasteiger partial charge in [-0.1, -0.05) is 12.1 Å². The summed E-state index contributed by atoms with van der Waals surface area (Å²) in [6, 6.07) is 11.3. The number of aromatic nitrogens is 1. The minimum Gasteiger partial charge on any atom is -0.497 e. The fourth-order valence-electron chi connectivity index (χ4n) is 3.03. The summed E-state index contributed by atoms with van der Waals surface area (Å²) in [5.41, 5.74) is 3.81. The molecule has 4 rings (SSSR count). The van der Waals surface area contributed by atoms with Crippen LogP contribution in [0.5, 0.6) is 5.75 Å². The molecule has 0 radical (unpaired) electrons. The van der Waals surface area contributed by atoms with E-state index in [0.717, 1.165) is 40.7 Å². The van der Waals surface area contributed by atoms with E-state index in [4.69, 9.17) is 4.74 Å². The van der Waals surface area contributed by atoms with Crippen LogP contribution in [-0.2, 0) is 6.42 Å². The second-order valence-corrected chi connectivity index (χ2v) is 5.53. The first kappa shape index (κ1) is 13.9. The highest BCUT2D eigenvalue weighted by Gasteiger charge is 2.17. The van der Waals surface area contributed by atoms with Gasteiger partial charge in [0.1, 0.15) is 11.6 Å². The Hall–Kier alpha value is -2.75. The SMILES string of the molecule is COc1ccc2c(-c3ccc4c(c3F)C=NCC4)ccnc2c1. The van der Waals surface area contributed by atoms with E-state index in [1.165, 1.54) is 0 Å². The van der Waals surface area contributed by atoms with Crippen LogP contribution in [-0.4, -0.2) is 24.9 Å². The highest BCUT2D eigenvalue weighted by Crippen LogP contribution is 2.33. The second-order valence-electron chi connectivity index (χ2n) is 5.53. The normalized spacial score (nSPS) is 13.1. The van der Waals surface area contributed by atoms with Gasteiger partial charge in [-0.25, -0.2) is 4.39 Å². The van der Waals surface area contributed by atoms with Crippen molar-refractivity contribution in [3.05, 3.63) is 59.5 Å². The lowest BCUT2D eigenvalue weighted by atomic mass is 9.94. The minimum atomic E-state index is -0.214. The Balaban J connectivity index is 1.95. The van der Waals surface area contributed by atoms with Crippen molar-refractivity contribution in [3.8, 4) is 16.9 Å². The zero-order valence-corrected chi connectivity index (χ0v) is 12.7. The van der Waals surface area contributed by atoms with Crippen LogP contribution in [0.1, 0.15) is 11.1 Å². The second kappa shape index (κ2) is 5.47.